The van der Waals surface area contributed by atoms with Crippen LogP contribution in [-0.4, -0.2) is 24.8 Å². The summed E-state index contributed by atoms with van der Waals surface area (Å²) in [5.74, 6) is 0. The molecule has 2 aliphatic rings. The summed E-state index contributed by atoms with van der Waals surface area (Å²) in [5.41, 5.74) is 0.282. The lowest BCUT2D eigenvalue weighted by Gasteiger charge is -2.47. The lowest BCUT2D eigenvalue weighted by atomic mass is 9.74. The van der Waals surface area contributed by atoms with E-state index in [0.717, 1.165) is 19.6 Å². The fourth-order valence-corrected chi connectivity index (χ4v) is 2.51. The molecule has 2 heteroatoms. The molecule has 1 saturated heterocycles. The minimum Gasteiger partial charge on any atom is -0.375 e. The summed E-state index contributed by atoms with van der Waals surface area (Å²) < 4.78 is 5.88. The van der Waals surface area contributed by atoms with Gasteiger partial charge in [0.15, 0.2) is 0 Å². The Morgan fingerprint density at radius 2 is 2.36 bits per heavy atom. The molecule has 0 aromatic rings. The van der Waals surface area contributed by atoms with Gasteiger partial charge in [0.25, 0.3) is 0 Å². The second-order valence-electron chi connectivity index (χ2n) is 4.61. The molecule has 2 fully saturated rings. The van der Waals surface area contributed by atoms with E-state index in [2.05, 4.69) is 11.9 Å². The smallest absolute Gasteiger partial charge is 0.0697 e. The van der Waals surface area contributed by atoms with E-state index in [1.54, 1.807) is 0 Å². The van der Waals surface area contributed by atoms with Crippen molar-refractivity contribution in [3.63, 3.8) is 0 Å². The third kappa shape index (κ3) is 2.18. The number of hydrogen-bond donors (Lipinski definition) is 1. The van der Waals surface area contributed by atoms with Crippen LogP contribution in [0.3, 0.4) is 0 Å². The van der Waals surface area contributed by atoms with Crippen LogP contribution in [0.2, 0.25) is 0 Å². The van der Waals surface area contributed by atoms with Crippen molar-refractivity contribution in [1.82, 2.24) is 5.32 Å². The first kappa shape index (κ1) is 10.2. The number of rotatable bonds is 4. The summed E-state index contributed by atoms with van der Waals surface area (Å²) in [7, 11) is 0. The minimum atomic E-state index is 0.282. The summed E-state index contributed by atoms with van der Waals surface area (Å²) in [5, 5.41) is 3.59. The van der Waals surface area contributed by atoms with Gasteiger partial charge in [-0.2, -0.15) is 0 Å². The molecular formula is C12H21NO. The predicted octanol–water partition coefficient (Wildman–Crippen LogP) is 2.25. The highest BCUT2D eigenvalue weighted by Gasteiger charge is 2.42. The topological polar surface area (TPSA) is 21.3 Å². The highest BCUT2D eigenvalue weighted by Crippen LogP contribution is 2.42. The Hall–Kier alpha value is -0.340. The Labute approximate surface area is 86.7 Å². The second-order valence-corrected chi connectivity index (χ2v) is 4.61. The molecule has 0 aromatic heterocycles. The first-order chi connectivity index (χ1) is 6.85. The van der Waals surface area contributed by atoms with E-state index in [1.807, 2.05) is 6.08 Å². The normalized spacial score (nSPS) is 29.9. The highest BCUT2D eigenvalue weighted by molar-refractivity contribution is 4.96. The molecule has 1 atom stereocenters. The average Bonchev–Trinajstić information content (AvgIpc) is 2.17. The monoisotopic (exact) mass is 195 g/mol. The molecule has 0 radical (unpaired) electrons. The number of ether oxygens (including phenoxy) is 1. The lowest BCUT2D eigenvalue weighted by molar-refractivity contribution is -0.135. The van der Waals surface area contributed by atoms with Gasteiger partial charge in [0.2, 0.25) is 0 Å². The van der Waals surface area contributed by atoms with Crippen LogP contribution in [0.1, 0.15) is 38.5 Å². The molecule has 1 saturated carbocycles. The van der Waals surface area contributed by atoms with Crippen LogP contribution in [0.4, 0.5) is 0 Å². The molecule has 2 rings (SSSR count). The highest BCUT2D eigenvalue weighted by atomic mass is 16.5. The van der Waals surface area contributed by atoms with Crippen LogP contribution < -0.4 is 5.32 Å². The molecular weight excluding hydrogens is 174 g/mol. The standard InChI is InChI=1S/C12H21NO/c1-2-3-8-13-11-5-9-14-12(10-11)6-4-7-12/h2,11,13H,1,3-10H2. The molecule has 1 unspecified atom stereocenters. The Balaban J connectivity index is 1.73. The van der Waals surface area contributed by atoms with Crippen molar-refractivity contribution in [2.45, 2.75) is 50.2 Å². The first-order valence-electron chi connectivity index (χ1n) is 5.83. The quantitative estimate of drug-likeness (QED) is 0.549. The van der Waals surface area contributed by atoms with Gasteiger partial charge in [-0.25, -0.2) is 0 Å². The summed E-state index contributed by atoms with van der Waals surface area (Å²) in [6, 6.07) is 0.684. The van der Waals surface area contributed by atoms with E-state index in [-0.39, 0.29) is 5.60 Å². The van der Waals surface area contributed by atoms with E-state index in [4.69, 9.17) is 4.74 Å². The molecule has 1 aliphatic heterocycles. The zero-order valence-corrected chi connectivity index (χ0v) is 8.93. The Morgan fingerprint density at radius 1 is 1.50 bits per heavy atom. The zero-order valence-electron chi connectivity index (χ0n) is 8.93. The maximum Gasteiger partial charge on any atom is 0.0697 e. The van der Waals surface area contributed by atoms with Gasteiger partial charge in [0.1, 0.15) is 0 Å². The van der Waals surface area contributed by atoms with Crippen molar-refractivity contribution < 1.29 is 4.74 Å². The van der Waals surface area contributed by atoms with Gasteiger partial charge in [0, 0.05) is 12.6 Å². The van der Waals surface area contributed by atoms with Gasteiger partial charge in [0.05, 0.1) is 5.60 Å². The lowest BCUT2D eigenvalue weighted by Crippen LogP contribution is -2.51. The number of hydrogen-bond acceptors (Lipinski definition) is 2. The molecule has 2 nitrogen and oxygen atoms in total. The maximum absolute atomic E-state index is 5.88. The summed E-state index contributed by atoms with van der Waals surface area (Å²) in [6.45, 7) is 5.76. The second kappa shape index (κ2) is 4.45. The van der Waals surface area contributed by atoms with E-state index in [9.17, 15) is 0 Å². The summed E-state index contributed by atoms with van der Waals surface area (Å²) in [4.78, 5) is 0. The fraction of sp³-hybridized carbons (Fsp3) is 0.833. The van der Waals surface area contributed by atoms with Crippen LogP contribution in [0.5, 0.6) is 0 Å². The van der Waals surface area contributed by atoms with Gasteiger partial charge in [-0.1, -0.05) is 6.08 Å². The van der Waals surface area contributed by atoms with E-state index >= 15 is 0 Å². The molecule has 1 N–H and O–H groups in total. The van der Waals surface area contributed by atoms with Gasteiger partial charge < -0.3 is 10.1 Å². The van der Waals surface area contributed by atoms with Crippen molar-refractivity contribution in [3.05, 3.63) is 12.7 Å². The van der Waals surface area contributed by atoms with Crippen molar-refractivity contribution in [3.8, 4) is 0 Å². The van der Waals surface area contributed by atoms with Gasteiger partial charge in [-0.05, 0) is 45.1 Å². The largest absolute Gasteiger partial charge is 0.375 e. The molecule has 1 spiro atoms. The van der Waals surface area contributed by atoms with E-state index in [1.165, 1.54) is 32.1 Å². The first-order valence-corrected chi connectivity index (χ1v) is 5.83. The third-order valence-electron chi connectivity index (χ3n) is 3.54. The SMILES string of the molecule is C=CCCNC1CCOC2(CCC2)C1. The van der Waals surface area contributed by atoms with Crippen molar-refractivity contribution in [2.24, 2.45) is 0 Å². The van der Waals surface area contributed by atoms with Gasteiger partial charge >= 0.3 is 0 Å². The van der Waals surface area contributed by atoms with Crippen LogP contribution in [0, 0.1) is 0 Å². The molecule has 14 heavy (non-hydrogen) atoms. The van der Waals surface area contributed by atoms with Crippen LogP contribution in [0.25, 0.3) is 0 Å². The Bertz CT molecular complexity index is 198. The van der Waals surface area contributed by atoms with Crippen LogP contribution in [-0.2, 0) is 4.74 Å². The average molecular weight is 195 g/mol. The minimum absolute atomic E-state index is 0.282. The molecule has 1 aliphatic carbocycles. The van der Waals surface area contributed by atoms with E-state index in [0.29, 0.717) is 6.04 Å². The molecule has 0 aromatic carbocycles. The predicted molar refractivity (Wildman–Crippen MR) is 58.4 cm³/mol. The zero-order chi connectivity index (χ0) is 9.86. The van der Waals surface area contributed by atoms with Crippen LogP contribution in [0.15, 0.2) is 12.7 Å². The van der Waals surface area contributed by atoms with Gasteiger partial charge in [-0.15, -0.1) is 6.58 Å². The molecule has 1 heterocycles. The molecule has 0 amide bonds. The van der Waals surface area contributed by atoms with Crippen molar-refractivity contribution in [2.75, 3.05) is 13.2 Å². The van der Waals surface area contributed by atoms with Crippen molar-refractivity contribution in [1.29, 1.82) is 0 Å². The van der Waals surface area contributed by atoms with Gasteiger partial charge in [-0.3, -0.25) is 0 Å². The summed E-state index contributed by atoms with van der Waals surface area (Å²) in [6.07, 6.45) is 9.39. The molecule has 0 bridgehead atoms. The van der Waals surface area contributed by atoms with Crippen LogP contribution >= 0.6 is 0 Å². The summed E-state index contributed by atoms with van der Waals surface area (Å²) >= 11 is 0. The third-order valence-corrected chi connectivity index (χ3v) is 3.54. The fourth-order valence-electron chi connectivity index (χ4n) is 2.51. The maximum atomic E-state index is 5.88. The molecule has 80 valence electrons. The Morgan fingerprint density at radius 3 is 3.00 bits per heavy atom. The van der Waals surface area contributed by atoms with Crippen molar-refractivity contribution >= 4 is 0 Å². The Kier molecular flexibility index (Phi) is 3.24. The number of nitrogens with one attached hydrogen (secondary N) is 1. The van der Waals surface area contributed by atoms with E-state index < -0.39 is 0 Å².